The fourth-order valence-electron chi connectivity index (χ4n) is 6.94. The molecule has 3 atom stereocenters. The molecule has 2 aromatic carbocycles. The summed E-state index contributed by atoms with van der Waals surface area (Å²) in [6.45, 7) is 21.6. The molecule has 2 saturated heterocycles. The van der Waals surface area contributed by atoms with Crippen LogP contribution in [0.25, 0.3) is 5.57 Å². The third kappa shape index (κ3) is 17.7. The molecule has 2 heterocycles. The number of benzene rings is 2. The number of Topliss-reactive ketones (excluding diaryl/α,β-unsaturated/α-hetero) is 1. The molecule has 0 radical (unpaired) electrons. The summed E-state index contributed by atoms with van der Waals surface area (Å²) in [6.07, 6.45) is 3.27. The van der Waals surface area contributed by atoms with E-state index in [1.807, 2.05) is 85.7 Å². The number of nitrogens with two attached hydrogens (primary N) is 1. The summed E-state index contributed by atoms with van der Waals surface area (Å²) in [7, 11) is 2.66. The first-order valence-electron chi connectivity index (χ1n) is 20.7. The van der Waals surface area contributed by atoms with E-state index in [1.54, 1.807) is 28.0 Å². The highest BCUT2D eigenvalue weighted by Gasteiger charge is 2.31. The largest absolute Gasteiger partial charge is 0.468 e. The predicted molar refractivity (Wildman–Crippen MR) is 246 cm³/mol. The maximum Gasteiger partial charge on any atom is 0.410 e. The van der Waals surface area contributed by atoms with Gasteiger partial charge in [-0.2, -0.15) is 0 Å². The number of hydrogen-bond donors (Lipinski definition) is 2. The molecular weight excluding hydrogens is 912 g/mol. The molecule has 4 rings (SSSR count). The van der Waals surface area contributed by atoms with Gasteiger partial charge in [-0.05, 0) is 124 Å². The van der Waals surface area contributed by atoms with Gasteiger partial charge in [0.15, 0.2) is 0 Å². The maximum atomic E-state index is 12.5. The van der Waals surface area contributed by atoms with Crippen molar-refractivity contribution in [1.82, 2.24) is 15.1 Å². The van der Waals surface area contributed by atoms with E-state index in [1.165, 1.54) is 21.1 Å². The Morgan fingerprint density at radius 3 is 1.54 bits per heavy atom. The lowest BCUT2D eigenvalue weighted by molar-refractivity contribution is -0.145. The van der Waals surface area contributed by atoms with Crippen molar-refractivity contribution >= 4 is 67.3 Å². The molecule has 2 aromatic rings. The standard InChI is InChI=1S/C23H33BrN2O4.C12H24N2O2.C11H11BrO3/c1-15(17-11-13-26(14-12-17)22(28)30-23(3,4)5)25-16(2)20(21(27)29-6)18-9-7-8-10-19(18)24;1-9(13)10-5-7-14(8-6-10)11(15)16-12(2,3)4;1-7(13)10(11(14)15-2)8-5-3-4-6-9(8)12/h7-10,15,17,25H,11-14H2,1-6H3;9-10H,5-8,13H2,1-4H3;3-6,10H,1-2H3/b20-16-;;. The average molecular weight is 981 g/mol. The fraction of sp³-hybridized carbons (Fsp3) is 0.587. The molecule has 0 aromatic heterocycles. The maximum absolute atomic E-state index is 12.5. The van der Waals surface area contributed by atoms with Crippen molar-refractivity contribution in [3.8, 4) is 0 Å². The number of esters is 2. The number of piperidine rings is 2. The molecule has 2 fully saturated rings. The van der Waals surface area contributed by atoms with Crippen molar-refractivity contribution in [2.24, 2.45) is 17.6 Å². The van der Waals surface area contributed by atoms with E-state index in [-0.39, 0.29) is 36.0 Å². The van der Waals surface area contributed by atoms with Crippen LogP contribution in [0.5, 0.6) is 0 Å². The quantitative estimate of drug-likeness (QED) is 0.106. The van der Waals surface area contributed by atoms with Crippen LogP contribution in [-0.2, 0) is 33.3 Å². The third-order valence-corrected chi connectivity index (χ3v) is 11.7. The lowest BCUT2D eigenvalue weighted by Gasteiger charge is -2.36. The number of ketones is 1. The van der Waals surface area contributed by atoms with E-state index in [2.05, 4.69) is 48.8 Å². The van der Waals surface area contributed by atoms with Gasteiger partial charge in [0.05, 0.1) is 19.8 Å². The third-order valence-electron chi connectivity index (χ3n) is 10.2. The molecule has 2 aliphatic rings. The van der Waals surface area contributed by atoms with E-state index in [4.69, 9.17) is 19.9 Å². The topological polar surface area (TPSA) is 167 Å². The van der Waals surface area contributed by atoms with Gasteiger partial charge in [-0.15, -0.1) is 0 Å². The van der Waals surface area contributed by atoms with Gasteiger partial charge >= 0.3 is 24.1 Å². The van der Waals surface area contributed by atoms with Crippen LogP contribution in [0.2, 0.25) is 0 Å². The van der Waals surface area contributed by atoms with Crippen molar-refractivity contribution in [3.63, 3.8) is 0 Å². The predicted octanol–water partition coefficient (Wildman–Crippen LogP) is 9.25. The Balaban J connectivity index is 0.000000348. The number of halogens is 2. The van der Waals surface area contributed by atoms with Gasteiger partial charge < -0.3 is 39.8 Å². The lowest BCUT2D eigenvalue weighted by Crippen LogP contribution is -2.45. The highest BCUT2D eigenvalue weighted by atomic mass is 79.9. The van der Waals surface area contributed by atoms with Crippen molar-refractivity contribution in [2.75, 3.05) is 40.4 Å². The van der Waals surface area contributed by atoms with Gasteiger partial charge in [-0.1, -0.05) is 68.3 Å². The smallest absolute Gasteiger partial charge is 0.410 e. The highest BCUT2D eigenvalue weighted by Crippen LogP contribution is 2.30. The van der Waals surface area contributed by atoms with Gasteiger partial charge in [0.1, 0.15) is 22.9 Å². The number of carbonyl (C=O) groups excluding carboxylic acids is 5. The van der Waals surface area contributed by atoms with Gasteiger partial charge in [-0.3, -0.25) is 9.59 Å². The first-order chi connectivity index (χ1) is 28.4. The Hall–Kier alpha value is -3.95. The number of methoxy groups -OCH3 is 2. The van der Waals surface area contributed by atoms with Crippen LogP contribution in [0.1, 0.15) is 112 Å². The SMILES string of the molecule is CC(N)C1CCN(C(=O)OC(C)(C)C)CC1.COC(=O)/C(=C(/C)NC(C)C1CCN(C(=O)OC(C)(C)C)CC1)c1ccccc1Br.COC(=O)C(C(C)=O)c1ccccc1Br. The van der Waals surface area contributed by atoms with E-state index >= 15 is 0 Å². The summed E-state index contributed by atoms with van der Waals surface area (Å²) >= 11 is 6.83. The minimum atomic E-state index is -0.842. The monoisotopic (exact) mass is 978 g/mol. The highest BCUT2D eigenvalue weighted by molar-refractivity contribution is 9.10. The van der Waals surface area contributed by atoms with Crippen LogP contribution in [0.3, 0.4) is 0 Å². The summed E-state index contributed by atoms with van der Waals surface area (Å²) < 4.78 is 22.0. The summed E-state index contributed by atoms with van der Waals surface area (Å²) in [4.78, 5) is 62.9. The normalized spacial score (nSPS) is 16.8. The molecule has 3 N–H and O–H groups in total. The Labute approximate surface area is 380 Å². The first kappa shape index (κ1) is 53.2. The number of ether oxygens (including phenoxy) is 4. The molecule has 15 heteroatoms. The Kier molecular flexibility index (Phi) is 21.5. The van der Waals surface area contributed by atoms with E-state index in [9.17, 15) is 24.0 Å². The number of allylic oxidation sites excluding steroid dienone is 1. The number of nitrogens with zero attached hydrogens (tertiary/aromatic N) is 2. The van der Waals surface area contributed by atoms with Gasteiger partial charge in [0, 0.05) is 58.5 Å². The van der Waals surface area contributed by atoms with Gasteiger partial charge in [0.2, 0.25) is 0 Å². The molecule has 340 valence electrons. The molecule has 0 saturated carbocycles. The summed E-state index contributed by atoms with van der Waals surface area (Å²) in [5, 5.41) is 3.50. The minimum absolute atomic E-state index is 0.146. The minimum Gasteiger partial charge on any atom is -0.468 e. The lowest BCUT2D eigenvalue weighted by atomic mass is 9.90. The Bertz CT molecular complexity index is 1810. The van der Waals surface area contributed by atoms with Crippen LogP contribution in [-0.4, -0.2) is 103 Å². The second-order valence-corrected chi connectivity index (χ2v) is 19.2. The number of rotatable bonds is 9. The summed E-state index contributed by atoms with van der Waals surface area (Å²) in [5.74, 6) is -1.05. The molecular formula is C46H68Br2N4O9. The van der Waals surface area contributed by atoms with E-state index < -0.39 is 23.1 Å². The molecule has 61 heavy (non-hydrogen) atoms. The second-order valence-electron chi connectivity index (χ2n) is 17.5. The molecule has 0 spiro atoms. The van der Waals surface area contributed by atoms with Crippen LogP contribution in [0.4, 0.5) is 9.59 Å². The molecule has 0 bridgehead atoms. The zero-order chi connectivity index (χ0) is 46.2. The zero-order valence-corrected chi connectivity index (χ0v) is 41.2. The summed E-state index contributed by atoms with van der Waals surface area (Å²) in [6, 6.07) is 15.1. The zero-order valence-electron chi connectivity index (χ0n) is 38.1. The fourth-order valence-corrected chi connectivity index (χ4v) is 7.94. The van der Waals surface area contributed by atoms with Crippen molar-refractivity contribution in [3.05, 3.63) is 74.3 Å². The molecule has 2 aliphatic heterocycles. The number of hydrogen-bond acceptors (Lipinski definition) is 11. The van der Waals surface area contributed by atoms with Crippen LogP contribution >= 0.6 is 31.9 Å². The number of amides is 2. The first-order valence-corrected chi connectivity index (χ1v) is 22.3. The molecule has 13 nitrogen and oxygen atoms in total. The van der Waals surface area contributed by atoms with Gasteiger partial charge in [-0.25, -0.2) is 14.4 Å². The van der Waals surface area contributed by atoms with Crippen molar-refractivity contribution < 1.29 is 42.9 Å². The van der Waals surface area contributed by atoms with E-state index in [0.717, 1.165) is 59.0 Å². The number of likely N-dealkylation sites (tertiary alicyclic amines) is 2. The Morgan fingerprint density at radius 1 is 0.705 bits per heavy atom. The van der Waals surface area contributed by atoms with Crippen molar-refractivity contribution in [1.29, 1.82) is 0 Å². The molecule has 3 unspecified atom stereocenters. The molecule has 2 amide bonds. The van der Waals surface area contributed by atoms with E-state index in [0.29, 0.717) is 36.1 Å². The molecule has 0 aliphatic carbocycles. The second kappa shape index (κ2) is 24.6. The van der Waals surface area contributed by atoms with Crippen LogP contribution < -0.4 is 11.1 Å². The number of carbonyl (C=O) groups is 5. The average Bonchev–Trinajstić information content (AvgIpc) is 3.18. The van der Waals surface area contributed by atoms with Crippen molar-refractivity contribution in [2.45, 2.75) is 124 Å². The number of nitrogens with one attached hydrogen (secondary N) is 1. The van der Waals surface area contributed by atoms with Crippen LogP contribution in [0, 0.1) is 11.8 Å². The summed E-state index contributed by atoms with van der Waals surface area (Å²) in [5.41, 5.74) is 7.68. The van der Waals surface area contributed by atoms with Gasteiger partial charge in [0.25, 0.3) is 0 Å². The van der Waals surface area contributed by atoms with Crippen LogP contribution in [0.15, 0.2) is 63.2 Å². The Morgan fingerprint density at radius 2 is 1.15 bits per heavy atom.